The molecular weight excluding hydrogens is 304 g/mol. The van der Waals surface area contributed by atoms with Crippen LogP contribution in [0.2, 0.25) is 0 Å². The Morgan fingerprint density at radius 1 is 1.12 bits per heavy atom. The Morgan fingerprint density at radius 3 is 2.67 bits per heavy atom. The first kappa shape index (κ1) is 17.5. The van der Waals surface area contributed by atoms with Crippen LogP contribution in [0.25, 0.3) is 0 Å². The highest BCUT2D eigenvalue weighted by Gasteiger charge is 2.04. The largest absolute Gasteiger partial charge is 0.493 e. The van der Waals surface area contributed by atoms with Gasteiger partial charge in [-0.25, -0.2) is 5.43 Å². The van der Waals surface area contributed by atoms with Gasteiger partial charge in [-0.3, -0.25) is 4.79 Å². The molecule has 0 aliphatic rings. The maximum absolute atomic E-state index is 11.8. The first-order chi connectivity index (χ1) is 11.6. The molecule has 0 aliphatic carbocycles. The molecule has 24 heavy (non-hydrogen) atoms. The molecule has 0 heterocycles. The van der Waals surface area contributed by atoms with E-state index in [1.165, 1.54) is 0 Å². The van der Waals surface area contributed by atoms with Crippen LogP contribution in [-0.4, -0.2) is 25.3 Å². The normalized spacial score (nSPS) is 10.6. The molecule has 0 aliphatic heterocycles. The minimum atomic E-state index is -0.319. The Kier molecular flexibility index (Phi) is 6.37. The van der Waals surface area contributed by atoms with Crippen LogP contribution in [-0.2, 0) is 4.79 Å². The number of aryl methyl sites for hydroxylation is 2. The molecule has 5 nitrogen and oxygen atoms in total. The Morgan fingerprint density at radius 2 is 1.92 bits per heavy atom. The van der Waals surface area contributed by atoms with Crippen LogP contribution >= 0.6 is 0 Å². The Balaban J connectivity index is 1.87. The van der Waals surface area contributed by atoms with E-state index in [1.807, 2.05) is 63.2 Å². The van der Waals surface area contributed by atoms with Gasteiger partial charge in [0.15, 0.2) is 6.61 Å². The van der Waals surface area contributed by atoms with Gasteiger partial charge >= 0.3 is 0 Å². The van der Waals surface area contributed by atoms with E-state index in [4.69, 9.17) is 9.47 Å². The molecule has 0 fully saturated rings. The molecule has 2 rings (SSSR count). The molecule has 1 N–H and O–H groups in total. The van der Waals surface area contributed by atoms with Gasteiger partial charge in [-0.1, -0.05) is 29.8 Å². The molecule has 0 radical (unpaired) electrons. The van der Waals surface area contributed by atoms with Crippen molar-refractivity contribution in [3.63, 3.8) is 0 Å². The van der Waals surface area contributed by atoms with E-state index in [1.54, 1.807) is 6.21 Å². The van der Waals surface area contributed by atoms with Crippen LogP contribution < -0.4 is 14.9 Å². The zero-order chi connectivity index (χ0) is 17.4. The summed E-state index contributed by atoms with van der Waals surface area (Å²) >= 11 is 0. The summed E-state index contributed by atoms with van der Waals surface area (Å²) in [5.74, 6) is 1.10. The molecule has 0 saturated carbocycles. The topological polar surface area (TPSA) is 59.9 Å². The fourth-order valence-corrected chi connectivity index (χ4v) is 2.18. The lowest BCUT2D eigenvalue weighted by molar-refractivity contribution is -0.123. The van der Waals surface area contributed by atoms with Crippen molar-refractivity contribution in [3.8, 4) is 11.5 Å². The van der Waals surface area contributed by atoms with Crippen molar-refractivity contribution in [2.75, 3.05) is 13.2 Å². The van der Waals surface area contributed by atoms with Crippen molar-refractivity contribution in [1.29, 1.82) is 0 Å². The lowest BCUT2D eigenvalue weighted by atomic mass is 10.1. The summed E-state index contributed by atoms with van der Waals surface area (Å²) in [5, 5.41) is 3.95. The molecule has 2 aromatic rings. The van der Waals surface area contributed by atoms with E-state index in [-0.39, 0.29) is 12.5 Å². The van der Waals surface area contributed by atoms with Crippen LogP contribution in [0.4, 0.5) is 0 Å². The van der Waals surface area contributed by atoms with Gasteiger partial charge < -0.3 is 9.47 Å². The van der Waals surface area contributed by atoms with Crippen molar-refractivity contribution in [2.45, 2.75) is 20.8 Å². The van der Waals surface area contributed by atoms with Gasteiger partial charge in [0.2, 0.25) is 0 Å². The molecule has 0 unspecified atom stereocenters. The van der Waals surface area contributed by atoms with Crippen LogP contribution in [0.3, 0.4) is 0 Å². The zero-order valence-corrected chi connectivity index (χ0v) is 14.2. The predicted molar refractivity (Wildman–Crippen MR) is 94.8 cm³/mol. The zero-order valence-electron chi connectivity index (χ0n) is 14.2. The van der Waals surface area contributed by atoms with E-state index >= 15 is 0 Å². The Labute approximate surface area is 142 Å². The number of nitrogens with one attached hydrogen (secondary N) is 1. The van der Waals surface area contributed by atoms with Gasteiger partial charge in [0.25, 0.3) is 5.91 Å². The second-order valence-electron chi connectivity index (χ2n) is 5.32. The van der Waals surface area contributed by atoms with E-state index in [0.29, 0.717) is 12.4 Å². The third-order valence-electron chi connectivity index (χ3n) is 3.30. The van der Waals surface area contributed by atoms with E-state index < -0.39 is 0 Å². The Hall–Kier alpha value is -2.82. The number of para-hydroxylation sites is 1. The lowest BCUT2D eigenvalue weighted by Crippen LogP contribution is -2.24. The van der Waals surface area contributed by atoms with E-state index in [9.17, 15) is 4.79 Å². The van der Waals surface area contributed by atoms with Crippen molar-refractivity contribution >= 4 is 12.1 Å². The molecule has 0 bridgehead atoms. The minimum absolute atomic E-state index is 0.0889. The van der Waals surface area contributed by atoms with Gasteiger partial charge in [0.05, 0.1) is 12.8 Å². The fourth-order valence-electron chi connectivity index (χ4n) is 2.18. The molecular formula is C19H22N2O3. The quantitative estimate of drug-likeness (QED) is 0.628. The maximum atomic E-state index is 11.8. The summed E-state index contributed by atoms with van der Waals surface area (Å²) in [6, 6.07) is 13.3. The number of ether oxygens (including phenoxy) is 2. The average Bonchev–Trinajstić information content (AvgIpc) is 2.56. The highest BCUT2D eigenvalue weighted by Crippen LogP contribution is 2.18. The van der Waals surface area contributed by atoms with Gasteiger partial charge in [-0.15, -0.1) is 0 Å². The molecule has 0 aromatic heterocycles. The van der Waals surface area contributed by atoms with Crippen LogP contribution in [0.15, 0.2) is 47.6 Å². The summed E-state index contributed by atoms with van der Waals surface area (Å²) in [6.45, 7) is 6.36. The number of amides is 1. The van der Waals surface area contributed by atoms with Crippen molar-refractivity contribution in [2.24, 2.45) is 5.10 Å². The monoisotopic (exact) mass is 326 g/mol. The molecule has 0 atom stereocenters. The number of carbonyl (C=O) groups excluding carboxylic acids is 1. The van der Waals surface area contributed by atoms with E-state index in [2.05, 4.69) is 10.5 Å². The molecule has 1 amide bonds. The molecule has 0 saturated heterocycles. The van der Waals surface area contributed by atoms with Gasteiger partial charge in [0.1, 0.15) is 11.5 Å². The van der Waals surface area contributed by atoms with Crippen molar-refractivity contribution in [3.05, 3.63) is 59.2 Å². The average molecular weight is 326 g/mol. The lowest BCUT2D eigenvalue weighted by Gasteiger charge is -2.09. The van der Waals surface area contributed by atoms with Gasteiger partial charge in [-0.2, -0.15) is 5.10 Å². The third-order valence-corrected chi connectivity index (χ3v) is 3.30. The van der Waals surface area contributed by atoms with Gasteiger partial charge in [-0.05, 0) is 44.5 Å². The number of nitrogens with zero attached hydrogens (tertiary/aromatic N) is 1. The number of carbonyl (C=O) groups is 1. The summed E-state index contributed by atoms with van der Waals surface area (Å²) in [6.07, 6.45) is 1.56. The number of hydrazone groups is 1. The highest BCUT2D eigenvalue weighted by molar-refractivity contribution is 5.85. The first-order valence-corrected chi connectivity index (χ1v) is 7.84. The number of rotatable bonds is 7. The first-order valence-electron chi connectivity index (χ1n) is 7.84. The summed E-state index contributed by atoms with van der Waals surface area (Å²) < 4.78 is 11.0. The van der Waals surface area contributed by atoms with Crippen LogP contribution in [0.5, 0.6) is 11.5 Å². The van der Waals surface area contributed by atoms with Crippen LogP contribution in [0, 0.1) is 13.8 Å². The number of hydrogen-bond acceptors (Lipinski definition) is 4. The smallest absolute Gasteiger partial charge is 0.277 e. The van der Waals surface area contributed by atoms with E-state index in [0.717, 1.165) is 22.4 Å². The SMILES string of the molecule is CCOc1ccccc1C=NNC(=O)COc1ccc(C)cc1C. The molecule has 126 valence electrons. The second kappa shape index (κ2) is 8.72. The maximum Gasteiger partial charge on any atom is 0.277 e. The highest BCUT2D eigenvalue weighted by atomic mass is 16.5. The molecule has 0 spiro atoms. The number of hydrogen-bond donors (Lipinski definition) is 1. The van der Waals surface area contributed by atoms with Crippen LogP contribution in [0.1, 0.15) is 23.6 Å². The number of benzene rings is 2. The molecule has 5 heteroatoms. The standard InChI is InChI=1S/C19H22N2O3/c1-4-23-18-8-6-5-7-16(18)12-20-21-19(22)13-24-17-10-9-14(2)11-15(17)3/h5-12H,4,13H2,1-3H3,(H,21,22). The summed E-state index contributed by atoms with van der Waals surface area (Å²) in [5.41, 5.74) is 5.40. The predicted octanol–water partition coefficient (Wildman–Crippen LogP) is 3.23. The minimum Gasteiger partial charge on any atom is -0.493 e. The second-order valence-corrected chi connectivity index (χ2v) is 5.32. The summed E-state index contributed by atoms with van der Waals surface area (Å²) in [7, 11) is 0. The third kappa shape index (κ3) is 5.12. The summed E-state index contributed by atoms with van der Waals surface area (Å²) in [4.78, 5) is 11.8. The Bertz CT molecular complexity index is 726. The van der Waals surface area contributed by atoms with Gasteiger partial charge in [0, 0.05) is 5.56 Å². The molecule has 2 aromatic carbocycles. The van der Waals surface area contributed by atoms with Crippen molar-refractivity contribution in [1.82, 2.24) is 5.43 Å². The fraction of sp³-hybridized carbons (Fsp3) is 0.263. The van der Waals surface area contributed by atoms with Crippen molar-refractivity contribution < 1.29 is 14.3 Å².